The minimum atomic E-state index is -0.528. The topological polar surface area (TPSA) is 72.7 Å². The van der Waals surface area contributed by atoms with Gasteiger partial charge in [0.15, 0.2) is 0 Å². The van der Waals surface area contributed by atoms with Crippen LogP contribution in [0.25, 0.3) is 0 Å². The van der Waals surface area contributed by atoms with Crippen molar-refractivity contribution in [1.82, 2.24) is 4.90 Å². The summed E-state index contributed by atoms with van der Waals surface area (Å²) in [6.07, 6.45) is 0.958. The Kier molecular flexibility index (Phi) is 5.52. The second-order valence-corrected chi connectivity index (χ2v) is 5.47. The molecule has 2 aromatic rings. The third-order valence-electron chi connectivity index (χ3n) is 3.82. The van der Waals surface area contributed by atoms with Gasteiger partial charge in [0.1, 0.15) is 5.75 Å². The van der Waals surface area contributed by atoms with E-state index in [1.165, 1.54) is 35.8 Å². The van der Waals surface area contributed by atoms with Crippen LogP contribution in [0, 0.1) is 10.1 Å². The Morgan fingerprint density at radius 2 is 1.79 bits per heavy atom. The molecule has 0 saturated heterocycles. The molecule has 2 rings (SSSR count). The highest BCUT2D eigenvalue weighted by molar-refractivity contribution is 5.97. The molecule has 0 N–H and O–H groups in total. The first-order chi connectivity index (χ1) is 11.5. The van der Waals surface area contributed by atoms with Crippen molar-refractivity contribution < 1.29 is 14.5 Å². The fourth-order valence-corrected chi connectivity index (χ4v) is 2.41. The molecule has 126 valence electrons. The number of carbonyl (C=O) groups is 1. The van der Waals surface area contributed by atoms with Crippen molar-refractivity contribution in [1.29, 1.82) is 0 Å². The number of aryl methyl sites for hydroxylation is 1. The predicted molar refractivity (Wildman–Crippen MR) is 91.3 cm³/mol. The molecule has 0 aliphatic heterocycles. The van der Waals surface area contributed by atoms with Crippen LogP contribution in [0.5, 0.6) is 5.75 Å². The van der Waals surface area contributed by atoms with E-state index in [-0.39, 0.29) is 17.2 Å². The van der Waals surface area contributed by atoms with Crippen LogP contribution in [0.4, 0.5) is 5.69 Å². The maximum atomic E-state index is 12.6. The normalized spacial score (nSPS) is 10.3. The summed E-state index contributed by atoms with van der Waals surface area (Å²) in [6, 6.07) is 12.0. The Balaban J connectivity index is 2.22. The maximum Gasteiger partial charge on any atom is 0.270 e. The first-order valence-electron chi connectivity index (χ1n) is 7.62. The van der Waals surface area contributed by atoms with Crippen molar-refractivity contribution in [3.8, 4) is 5.75 Å². The van der Waals surface area contributed by atoms with Crippen molar-refractivity contribution in [3.63, 3.8) is 0 Å². The smallest absolute Gasteiger partial charge is 0.270 e. The first-order valence-corrected chi connectivity index (χ1v) is 7.62. The van der Waals surface area contributed by atoms with Crippen LogP contribution in [0.1, 0.15) is 28.4 Å². The molecule has 0 unspecified atom stereocenters. The number of hydrogen-bond donors (Lipinski definition) is 0. The van der Waals surface area contributed by atoms with E-state index >= 15 is 0 Å². The van der Waals surface area contributed by atoms with Crippen molar-refractivity contribution in [2.45, 2.75) is 19.9 Å². The van der Waals surface area contributed by atoms with Gasteiger partial charge in [-0.1, -0.05) is 31.2 Å². The summed E-state index contributed by atoms with van der Waals surface area (Å²) in [5, 5.41) is 10.9. The number of nitro benzene ring substituents is 1. The van der Waals surface area contributed by atoms with Gasteiger partial charge in [0.25, 0.3) is 11.6 Å². The van der Waals surface area contributed by atoms with Crippen molar-refractivity contribution in [2.75, 3.05) is 14.2 Å². The van der Waals surface area contributed by atoms with Gasteiger partial charge >= 0.3 is 0 Å². The summed E-state index contributed by atoms with van der Waals surface area (Å²) in [7, 11) is 3.09. The quantitative estimate of drug-likeness (QED) is 0.601. The van der Waals surface area contributed by atoms with Gasteiger partial charge in [-0.15, -0.1) is 0 Å². The highest BCUT2D eigenvalue weighted by Gasteiger charge is 2.20. The maximum absolute atomic E-state index is 12.6. The Morgan fingerprint density at radius 1 is 1.17 bits per heavy atom. The van der Waals surface area contributed by atoms with E-state index in [9.17, 15) is 14.9 Å². The molecular weight excluding hydrogens is 308 g/mol. The first kappa shape index (κ1) is 17.5. The molecular formula is C18H20N2O4. The van der Waals surface area contributed by atoms with Crippen LogP contribution in [0.15, 0.2) is 42.5 Å². The van der Waals surface area contributed by atoms with E-state index in [0.29, 0.717) is 12.3 Å². The van der Waals surface area contributed by atoms with Crippen LogP contribution < -0.4 is 4.74 Å². The molecule has 6 heteroatoms. The Bertz CT molecular complexity index is 741. The number of carbonyl (C=O) groups excluding carboxylic acids is 1. The number of amides is 1. The summed E-state index contributed by atoms with van der Waals surface area (Å²) in [5.41, 5.74) is 2.26. The minimum absolute atomic E-state index is 0.139. The third kappa shape index (κ3) is 3.90. The summed E-state index contributed by atoms with van der Waals surface area (Å²) >= 11 is 0. The summed E-state index contributed by atoms with van der Waals surface area (Å²) < 4.78 is 5.16. The van der Waals surface area contributed by atoms with Gasteiger partial charge in [0.05, 0.1) is 17.6 Å². The number of methoxy groups -OCH3 is 1. The van der Waals surface area contributed by atoms with Crippen LogP contribution in [0.2, 0.25) is 0 Å². The molecule has 0 spiro atoms. The lowest BCUT2D eigenvalue weighted by Gasteiger charge is -2.19. The molecule has 0 bridgehead atoms. The van der Waals surface area contributed by atoms with E-state index in [2.05, 4.69) is 6.92 Å². The largest absolute Gasteiger partial charge is 0.496 e. The van der Waals surface area contributed by atoms with Crippen LogP contribution in [-0.4, -0.2) is 29.9 Å². The molecule has 24 heavy (non-hydrogen) atoms. The number of benzene rings is 2. The highest BCUT2D eigenvalue weighted by atomic mass is 16.6. The van der Waals surface area contributed by atoms with Gasteiger partial charge in [-0.25, -0.2) is 0 Å². The molecule has 0 saturated carbocycles. The van der Waals surface area contributed by atoms with Gasteiger partial charge < -0.3 is 9.64 Å². The minimum Gasteiger partial charge on any atom is -0.496 e. The molecule has 0 atom stereocenters. The molecule has 2 aromatic carbocycles. The number of non-ortho nitro benzene ring substituents is 1. The Morgan fingerprint density at radius 3 is 2.33 bits per heavy atom. The lowest BCUT2D eigenvalue weighted by atomic mass is 10.1. The van der Waals surface area contributed by atoms with Crippen LogP contribution in [-0.2, 0) is 13.0 Å². The average molecular weight is 328 g/mol. The van der Waals surface area contributed by atoms with E-state index < -0.39 is 4.92 Å². The fourth-order valence-electron chi connectivity index (χ4n) is 2.41. The SMILES string of the molecule is CCc1ccc(CN(C)C(=O)c2cc([N+](=O)[O-])ccc2OC)cc1. The second kappa shape index (κ2) is 7.59. The summed E-state index contributed by atoms with van der Waals surface area (Å²) in [6.45, 7) is 2.49. The number of rotatable bonds is 6. The van der Waals surface area contributed by atoms with Gasteiger partial charge in [0.2, 0.25) is 0 Å². The molecule has 0 aliphatic rings. The highest BCUT2D eigenvalue weighted by Crippen LogP contribution is 2.25. The molecule has 6 nitrogen and oxygen atoms in total. The van der Waals surface area contributed by atoms with E-state index in [0.717, 1.165) is 12.0 Å². The van der Waals surface area contributed by atoms with Gasteiger partial charge in [-0.05, 0) is 23.6 Å². The van der Waals surface area contributed by atoms with Crippen molar-refractivity contribution >= 4 is 11.6 Å². The van der Waals surface area contributed by atoms with Gasteiger partial charge in [0, 0.05) is 25.7 Å². The Hall–Kier alpha value is -2.89. The van der Waals surface area contributed by atoms with Gasteiger partial charge in [-0.3, -0.25) is 14.9 Å². The summed E-state index contributed by atoms with van der Waals surface area (Å²) in [4.78, 5) is 24.6. The lowest BCUT2D eigenvalue weighted by molar-refractivity contribution is -0.384. The third-order valence-corrected chi connectivity index (χ3v) is 3.82. The van der Waals surface area contributed by atoms with E-state index in [1.54, 1.807) is 7.05 Å². The number of nitrogens with zero attached hydrogens (tertiary/aromatic N) is 2. The average Bonchev–Trinajstić information content (AvgIpc) is 2.61. The van der Waals surface area contributed by atoms with Crippen LogP contribution in [0.3, 0.4) is 0 Å². The Labute approximate surface area is 140 Å². The molecule has 0 aliphatic carbocycles. The number of hydrogen-bond acceptors (Lipinski definition) is 4. The lowest BCUT2D eigenvalue weighted by Crippen LogP contribution is -2.26. The number of ether oxygens (including phenoxy) is 1. The molecule has 0 fully saturated rings. The predicted octanol–water partition coefficient (Wildman–Crippen LogP) is 3.44. The fraction of sp³-hybridized carbons (Fsp3) is 0.278. The zero-order valence-corrected chi connectivity index (χ0v) is 14.0. The van der Waals surface area contributed by atoms with E-state index in [4.69, 9.17) is 4.74 Å². The van der Waals surface area contributed by atoms with E-state index in [1.807, 2.05) is 24.3 Å². The standard InChI is InChI=1S/C18H20N2O4/c1-4-13-5-7-14(8-6-13)12-19(2)18(21)16-11-15(20(22)23)9-10-17(16)24-3/h5-11H,4,12H2,1-3H3. The molecule has 0 heterocycles. The molecule has 1 amide bonds. The van der Waals surface area contributed by atoms with Gasteiger partial charge in [-0.2, -0.15) is 0 Å². The zero-order valence-electron chi connectivity index (χ0n) is 14.0. The van der Waals surface area contributed by atoms with Crippen molar-refractivity contribution in [2.24, 2.45) is 0 Å². The number of nitro groups is 1. The summed E-state index contributed by atoms with van der Waals surface area (Å²) in [5.74, 6) is -0.00565. The van der Waals surface area contributed by atoms with Crippen LogP contribution >= 0.6 is 0 Å². The monoisotopic (exact) mass is 328 g/mol. The zero-order chi connectivity index (χ0) is 17.7. The molecule has 0 aromatic heterocycles. The molecule has 0 radical (unpaired) electrons. The van der Waals surface area contributed by atoms with Crippen molar-refractivity contribution in [3.05, 3.63) is 69.3 Å². The second-order valence-electron chi connectivity index (χ2n) is 5.47.